The van der Waals surface area contributed by atoms with Gasteiger partial charge in [-0.1, -0.05) is 0 Å². The van der Waals surface area contributed by atoms with E-state index in [1.807, 2.05) is 35.0 Å². The van der Waals surface area contributed by atoms with Crippen LogP contribution in [0.4, 0.5) is 0 Å². The molecule has 7 nitrogen and oxygen atoms in total. The molecule has 0 saturated carbocycles. The van der Waals surface area contributed by atoms with E-state index < -0.39 is 0 Å². The highest BCUT2D eigenvalue weighted by Crippen LogP contribution is 2.28. The molecule has 0 aromatic carbocycles. The van der Waals surface area contributed by atoms with Crippen LogP contribution in [0.2, 0.25) is 0 Å². The summed E-state index contributed by atoms with van der Waals surface area (Å²) in [6, 6.07) is 3.98. The van der Waals surface area contributed by atoms with Crippen molar-refractivity contribution >= 4 is 5.91 Å². The standard InChI is InChI=1S/C21H29N5O2/c1-16-19(14-23-24(16)2)15-25-7-5-17(6-8-25)20-4-3-18(13-22-20)21(27)26-9-11-28-12-10-26/h3-4,13-14,17H,5-12,15H2,1-2H3. The Labute approximate surface area is 166 Å². The molecule has 4 rings (SSSR count). The van der Waals surface area contributed by atoms with Gasteiger partial charge in [0.1, 0.15) is 0 Å². The topological polar surface area (TPSA) is 63.5 Å². The largest absolute Gasteiger partial charge is 0.378 e. The molecule has 0 unspecified atom stereocenters. The van der Waals surface area contributed by atoms with E-state index in [4.69, 9.17) is 4.74 Å². The van der Waals surface area contributed by atoms with E-state index in [9.17, 15) is 4.79 Å². The number of piperidine rings is 1. The molecule has 0 radical (unpaired) electrons. The first-order valence-corrected chi connectivity index (χ1v) is 10.1. The fourth-order valence-electron chi connectivity index (χ4n) is 4.05. The van der Waals surface area contributed by atoms with Gasteiger partial charge in [-0.2, -0.15) is 5.10 Å². The number of pyridine rings is 1. The Bertz CT molecular complexity index is 803. The fraction of sp³-hybridized carbons (Fsp3) is 0.571. The summed E-state index contributed by atoms with van der Waals surface area (Å²) < 4.78 is 7.26. The average molecular weight is 383 g/mol. The molecule has 28 heavy (non-hydrogen) atoms. The van der Waals surface area contributed by atoms with E-state index in [-0.39, 0.29) is 5.91 Å². The number of carbonyl (C=O) groups excluding carboxylic acids is 1. The molecule has 2 aromatic rings. The fourth-order valence-corrected chi connectivity index (χ4v) is 4.05. The van der Waals surface area contributed by atoms with Gasteiger partial charge in [-0.3, -0.25) is 19.4 Å². The molecular formula is C21H29N5O2. The summed E-state index contributed by atoms with van der Waals surface area (Å²) in [5.74, 6) is 0.530. The smallest absolute Gasteiger partial charge is 0.255 e. The molecule has 0 bridgehead atoms. The van der Waals surface area contributed by atoms with Crippen molar-refractivity contribution in [1.82, 2.24) is 24.6 Å². The van der Waals surface area contributed by atoms with Crippen LogP contribution < -0.4 is 0 Å². The third-order valence-corrected chi connectivity index (χ3v) is 6.07. The van der Waals surface area contributed by atoms with Gasteiger partial charge in [0, 0.05) is 55.7 Å². The summed E-state index contributed by atoms with van der Waals surface area (Å²) in [6.07, 6.45) is 5.93. The SMILES string of the molecule is Cc1c(CN2CCC(c3ccc(C(=O)N4CCOCC4)cn3)CC2)cnn1C. The lowest BCUT2D eigenvalue weighted by Gasteiger charge is -2.31. The van der Waals surface area contributed by atoms with Crippen LogP contribution in [-0.2, 0) is 18.3 Å². The van der Waals surface area contributed by atoms with Crippen LogP contribution >= 0.6 is 0 Å². The van der Waals surface area contributed by atoms with Gasteiger partial charge in [-0.15, -0.1) is 0 Å². The number of ether oxygens (including phenoxy) is 1. The Hall–Kier alpha value is -2.25. The van der Waals surface area contributed by atoms with Crippen molar-refractivity contribution in [3.63, 3.8) is 0 Å². The lowest BCUT2D eigenvalue weighted by Crippen LogP contribution is -2.40. The average Bonchev–Trinajstić information content (AvgIpc) is 3.07. The number of carbonyl (C=O) groups is 1. The van der Waals surface area contributed by atoms with Gasteiger partial charge >= 0.3 is 0 Å². The highest BCUT2D eigenvalue weighted by Gasteiger charge is 2.23. The van der Waals surface area contributed by atoms with Crippen LogP contribution in [0.5, 0.6) is 0 Å². The van der Waals surface area contributed by atoms with Gasteiger partial charge in [-0.25, -0.2) is 0 Å². The van der Waals surface area contributed by atoms with Gasteiger partial charge in [0.2, 0.25) is 0 Å². The second-order valence-corrected chi connectivity index (χ2v) is 7.81. The van der Waals surface area contributed by atoms with E-state index in [1.165, 1.54) is 11.3 Å². The van der Waals surface area contributed by atoms with Crippen molar-refractivity contribution in [2.24, 2.45) is 7.05 Å². The number of amides is 1. The quantitative estimate of drug-likeness (QED) is 0.808. The van der Waals surface area contributed by atoms with Crippen molar-refractivity contribution < 1.29 is 9.53 Å². The summed E-state index contributed by atoms with van der Waals surface area (Å²) >= 11 is 0. The predicted octanol–water partition coefficient (Wildman–Crippen LogP) is 1.98. The van der Waals surface area contributed by atoms with Crippen LogP contribution in [0.1, 0.15) is 46.1 Å². The number of morpholine rings is 1. The Morgan fingerprint density at radius 3 is 2.50 bits per heavy atom. The Kier molecular flexibility index (Phi) is 5.73. The maximum atomic E-state index is 12.5. The van der Waals surface area contributed by atoms with E-state index >= 15 is 0 Å². The van der Waals surface area contributed by atoms with Gasteiger partial charge in [0.15, 0.2) is 0 Å². The minimum atomic E-state index is 0.0593. The number of hydrogen-bond acceptors (Lipinski definition) is 5. The number of nitrogens with zero attached hydrogens (tertiary/aromatic N) is 5. The summed E-state index contributed by atoms with van der Waals surface area (Å²) in [6.45, 7) is 7.78. The van der Waals surface area contributed by atoms with Crippen molar-refractivity contribution in [2.75, 3.05) is 39.4 Å². The Morgan fingerprint density at radius 2 is 1.89 bits per heavy atom. The van der Waals surface area contributed by atoms with Crippen LogP contribution in [0.15, 0.2) is 24.5 Å². The van der Waals surface area contributed by atoms with Crippen molar-refractivity contribution in [3.05, 3.63) is 47.0 Å². The summed E-state index contributed by atoms with van der Waals surface area (Å²) in [5.41, 5.74) is 4.33. The second kappa shape index (κ2) is 8.41. The molecule has 2 aromatic heterocycles. The first kappa shape index (κ1) is 19.1. The van der Waals surface area contributed by atoms with Gasteiger partial charge in [-0.05, 0) is 45.0 Å². The molecule has 2 fully saturated rings. The third kappa shape index (κ3) is 4.10. The molecule has 2 aliphatic heterocycles. The monoisotopic (exact) mass is 383 g/mol. The van der Waals surface area contributed by atoms with Crippen LogP contribution in [0.25, 0.3) is 0 Å². The van der Waals surface area contributed by atoms with Gasteiger partial charge < -0.3 is 9.64 Å². The zero-order valence-corrected chi connectivity index (χ0v) is 16.8. The second-order valence-electron chi connectivity index (χ2n) is 7.81. The molecule has 0 N–H and O–H groups in total. The molecule has 1 amide bonds. The molecule has 0 spiro atoms. The van der Waals surface area contributed by atoms with Gasteiger partial charge in [0.25, 0.3) is 5.91 Å². The lowest BCUT2D eigenvalue weighted by molar-refractivity contribution is 0.0302. The van der Waals surface area contributed by atoms with Crippen LogP contribution in [0, 0.1) is 6.92 Å². The molecule has 7 heteroatoms. The number of hydrogen-bond donors (Lipinski definition) is 0. The molecule has 2 saturated heterocycles. The number of rotatable bonds is 4. The maximum Gasteiger partial charge on any atom is 0.255 e. The van der Waals surface area contributed by atoms with Crippen LogP contribution in [0.3, 0.4) is 0 Å². The molecular weight excluding hydrogens is 354 g/mol. The first-order valence-electron chi connectivity index (χ1n) is 10.1. The molecule has 0 atom stereocenters. The minimum Gasteiger partial charge on any atom is -0.378 e. The number of aryl methyl sites for hydroxylation is 1. The highest BCUT2D eigenvalue weighted by atomic mass is 16.5. The highest BCUT2D eigenvalue weighted by molar-refractivity contribution is 5.94. The zero-order chi connectivity index (χ0) is 19.5. The third-order valence-electron chi connectivity index (χ3n) is 6.07. The predicted molar refractivity (Wildman–Crippen MR) is 106 cm³/mol. The Morgan fingerprint density at radius 1 is 1.14 bits per heavy atom. The zero-order valence-electron chi connectivity index (χ0n) is 16.8. The molecule has 2 aliphatic rings. The van der Waals surface area contributed by atoms with E-state index in [0.29, 0.717) is 37.8 Å². The molecule has 150 valence electrons. The summed E-state index contributed by atoms with van der Waals surface area (Å²) in [4.78, 5) is 21.5. The van der Waals surface area contributed by atoms with Crippen molar-refractivity contribution in [3.8, 4) is 0 Å². The van der Waals surface area contributed by atoms with Gasteiger partial charge in [0.05, 0.1) is 25.0 Å². The van der Waals surface area contributed by atoms with E-state index in [0.717, 1.165) is 38.2 Å². The molecule has 4 heterocycles. The van der Waals surface area contributed by atoms with Crippen molar-refractivity contribution in [1.29, 1.82) is 0 Å². The van der Waals surface area contributed by atoms with E-state index in [1.54, 1.807) is 6.20 Å². The minimum absolute atomic E-state index is 0.0593. The molecule has 0 aliphatic carbocycles. The summed E-state index contributed by atoms with van der Waals surface area (Å²) in [7, 11) is 1.99. The number of likely N-dealkylation sites (tertiary alicyclic amines) is 1. The lowest BCUT2D eigenvalue weighted by atomic mass is 9.92. The summed E-state index contributed by atoms with van der Waals surface area (Å²) in [5, 5.41) is 4.34. The normalized spacial score (nSPS) is 19.1. The van der Waals surface area contributed by atoms with Crippen molar-refractivity contribution in [2.45, 2.75) is 32.2 Å². The Balaban J connectivity index is 1.32. The first-order chi connectivity index (χ1) is 13.6. The van der Waals surface area contributed by atoms with Crippen LogP contribution in [-0.4, -0.2) is 69.9 Å². The van der Waals surface area contributed by atoms with E-state index in [2.05, 4.69) is 21.9 Å². The maximum absolute atomic E-state index is 12.5. The number of aromatic nitrogens is 3.